The molecule has 7 nitrogen and oxygen atoms in total. The number of carboxylic acid groups (broad SMARTS) is 2. The molecule has 0 aromatic heterocycles. The van der Waals surface area contributed by atoms with Gasteiger partial charge in [-0.05, 0) is 36.4 Å². The summed E-state index contributed by atoms with van der Waals surface area (Å²) in [5.41, 5.74) is 0.126. The molecule has 0 saturated carbocycles. The van der Waals surface area contributed by atoms with Crippen LogP contribution >= 0.6 is 23.2 Å². The smallest absolute Gasteiger partial charge is 0.335 e. The molecule has 0 aliphatic rings. The number of hydrogen-bond acceptors (Lipinski definition) is 4. The molecule has 0 bridgehead atoms. The highest BCUT2D eigenvalue weighted by molar-refractivity contribution is 6.32. The van der Waals surface area contributed by atoms with Gasteiger partial charge in [-0.25, -0.2) is 9.59 Å². The van der Waals surface area contributed by atoms with Crippen LogP contribution in [0.2, 0.25) is 10.0 Å². The van der Waals surface area contributed by atoms with Crippen molar-refractivity contribution in [2.75, 3.05) is 0 Å². The van der Waals surface area contributed by atoms with E-state index in [2.05, 4.69) is 0 Å². The lowest BCUT2D eigenvalue weighted by molar-refractivity contribution is 0.0686. The summed E-state index contributed by atoms with van der Waals surface area (Å²) in [6.45, 7) is 0. The molecule has 0 heterocycles. The number of carbonyl (C=O) groups is 2. The molecule has 0 radical (unpaired) electrons. The van der Waals surface area contributed by atoms with Crippen LogP contribution in [0.15, 0.2) is 36.4 Å². The Kier molecular flexibility index (Phi) is 7.89. The average molecular weight is 363 g/mol. The molecule has 2 rings (SSSR count). The van der Waals surface area contributed by atoms with E-state index in [0.29, 0.717) is 0 Å². The molecule has 0 aliphatic heterocycles. The first-order valence-electron chi connectivity index (χ1n) is 5.66. The molecule has 0 atom stereocenters. The van der Waals surface area contributed by atoms with Gasteiger partial charge in [0, 0.05) is 0 Å². The topological polar surface area (TPSA) is 147 Å². The number of benzene rings is 2. The van der Waals surface area contributed by atoms with Gasteiger partial charge in [0.25, 0.3) is 0 Å². The standard InChI is InChI=1S/2C7H5ClO3.H2O/c2*8-5-3-4(7(10)11)1-2-6(5)9;/h2*1-3,9H,(H,10,11);1H2. The second-order valence-electron chi connectivity index (χ2n) is 3.94. The Balaban J connectivity index is 0.000000403. The molecule has 0 spiro atoms. The van der Waals surface area contributed by atoms with Gasteiger partial charge in [-0.1, -0.05) is 23.2 Å². The number of aromatic hydroxyl groups is 2. The van der Waals surface area contributed by atoms with Crippen LogP contribution in [0.3, 0.4) is 0 Å². The van der Waals surface area contributed by atoms with E-state index in [-0.39, 0.29) is 38.1 Å². The van der Waals surface area contributed by atoms with Crippen LogP contribution in [0.4, 0.5) is 0 Å². The maximum absolute atomic E-state index is 10.3. The summed E-state index contributed by atoms with van der Waals surface area (Å²) in [5.74, 6) is -2.35. The summed E-state index contributed by atoms with van der Waals surface area (Å²) in [6.07, 6.45) is 0. The van der Waals surface area contributed by atoms with Gasteiger partial charge in [-0.15, -0.1) is 0 Å². The molecule has 0 amide bonds. The largest absolute Gasteiger partial charge is 0.506 e. The van der Waals surface area contributed by atoms with Crippen molar-refractivity contribution >= 4 is 35.1 Å². The zero-order valence-electron chi connectivity index (χ0n) is 11.3. The van der Waals surface area contributed by atoms with Gasteiger partial charge in [-0.2, -0.15) is 0 Å². The van der Waals surface area contributed by atoms with Crippen LogP contribution in [-0.4, -0.2) is 37.8 Å². The molecule has 9 heteroatoms. The fourth-order valence-corrected chi connectivity index (χ4v) is 1.64. The molecular weight excluding hydrogens is 351 g/mol. The van der Waals surface area contributed by atoms with Crippen molar-refractivity contribution in [3.05, 3.63) is 57.6 Å². The Hall–Kier alpha value is -2.48. The summed E-state index contributed by atoms with van der Waals surface area (Å²) in [5, 5.41) is 34.8. The van der Waals surface area contributed by atoms with Crippen LogP contribution in [0.5, 0.6) is 11.5 Å². The molecule has 23 heavy (non-hydrogen) atoms. The maximum atomic E-state index is 10.3. The number of carboxylic acids is 2. The summed E-state index contributed by atoms with van der Waals surface area (Å²) < 4.78 is 0. The lowest BCUT2D eigenvalue weighted by Crippen LogP contribution is -1.94. The molecule has 0 saturated heterocycles. The summed E-state index contributed by atoms with van der Waals surface area (Å²) in [4.78, 5) is 20.6. The third-order valence-electron chi connectivity index (χ3n) is 2.39. The minimum absolute atomic E-state index is 0. The molecule has 6 N–H and O–H groups in total. The molecule has 2 aromatic carbocycles. The second kappa shape index (κ2) is 8.84. The van der Waals surface area contributed by atoms with E-state index in [9.17, 15) is 9.59 Å². The van der Waals surface area contributed by atoms with E-state index in [1.54, 1.807) is 0 Å². The zero-order valence-corrected chi connectivity index (χ0v) is 12.8. The predicted molar refractivity (Wildman–Crippen MR) is 83.8 cm³/mol. The van der Waals surface area contributed by atoms with Gasteiger partial charge in [0.1, 0.15) is 11.5 Å². The van der Waals surface area contributed by atoms with Crippen LogP contribution in [0.1, 0.15) is 20.7 Å². The van der Waals surface area contributed by atoms with E-state index in [1.165, 1.54) is 36.4 Å². The third-order valence-corrected chi connectivity index (χ3v) is 2.99. The monoisotopic (exact) mass is 362 g/mol. The van der Waals surface area contributed by atoms with Gasteiger partial charge < -0.3 is 25.9 Å². The van der Waals surface area contributed by atoms with Crippen molar-refractivity contribution in [3.63, 3.8) is 0 Å². The molecule has 0 unspecified atom stereocenters. The number of phenolic OH excluding ortho intramolecular Hbond substituents is 2. The van der Waals surface area contributed by atoms with Crippen molar-refractivity contribution in [1.29, 1.82) is 0 Å². The molecule has 0 aliphatic carbocycles. The molecular formula is C14H12Cl2O7. The molecule has 0 fully saturated rings. The van der Waals surface area contributed by atoms with Gasteiger partial charge in [-0.3, -0.25) is 0 Å². The lowest BCUT2D eigenvalue weighted by Gasteiger charge is -1.96. The maximum Gasteiger partial charge on any atom is 0.335 e. The first-order chi connectivity index (χ1) is 10.2. The van der Waals surface area contributed by atoms with Crippen molar-refractivity contribution < 1.29 is 35.5 Å². The number of hydrogen-bond donors (Lipinski definition) is 4. The molecule has 124 valence electrons. The third kappa shape index (κ3) is 6.03. The first kappa shape index (κ1) is 20.5. The normalized spacial score (nSPS) is 9.13. The van der Waals surface area contributed by atoms with E-state index in [1.807, 2.05) is 0 Å². The quantitative estimate of drug-likeness (QED) is 0.645. The van der Waals surface area contributed by atoms with E-state index >= 15 is 0 Å². The number of aromatic carboxylic acids is 2. The van der Waals surface area contributed by atoms with Crippen LogP contribution in [0, 0.1) is 0 Å². The predicted octanol–water partition coefficient (Wildman–Crippen LogP) is 2.66. The minimum atomic E-state index is -1.06. The number of phenols is 2. The first-order valence-corrected chi connectivity index (χ1v) is 6.41. The van der Waals surface area contributed by atoms with Crippen LogP contribution < -0.4 is 0 Å². The zero-order chi connectivity index (χ0) is 16.9. The Morgan fingerprint density at radius 1 is 0.739 bits per heavy atom. The fraction of sp³-hybridized carbons (Fsp3) is 0. The van der Waals surface area contributed by atoms with E-state index < -0.39 is 11.9 Å². The van der Waals surface area contributed by atoms with Crippen molar-refractivity contribution in [2.24, 2.45) is 0 Å². The summed E-state index contributed by atoms with van der Waals surface area (Å²) in [6, 6.07) is 7.43. The van der Waals surface area contributed by atoms with Crippen LogP contribution in [0.25, 0.3) is 0 Å². The van der Waals surface area contributed by atoms with Gasteiger partial charge >= 0.3 is 11.9 Å². The minimum Gasteiger partial charge on any atom is -0.506 e. The highest BCUT2D eigenvalue weighted by Gasteiger charge is 2.05. The Labute approximate surface area is 140 Å². The lowest BCUT2D eigenvalue weighted by atomic mass is 10.2. The van der Waals surface area contributed by atoms with Crippen LogP contribution in [-0.2, 0) is 0 Å². The SMILES string of the molecule is O.O=C(O)c1ccc(O)c(Cl)c1.O=C(O)c1ccc(O)c(Cl)c1. The Morgan fingerprint density at radius 2 is 1.04 bits per heavy atom. The summed E-state index contributed by atoms with van der Waals surface area (Å²) >= 11 is 10.9. The van der Waals surface area contributed by atoms with Crippen molar-refractivity contribution in [2.45, 2.75) is 0 Å². The van der Waals surface area contributed by atoms with Crippen molar-refractivity contribution in [1.82, 2.24) is 0 Å². The fourth-order valence-electron chi connectivity index (χ4n) is 1.28. The highest BCUT2D eigenvalue weighted by atomic mass is 35.5. The van der Waals surface area contributed by atoms with E-state index in [0.717, 1.165) is 0 Å². The van der Waals surface area contributed by atoms with Gasteiger partial charge in [0.05, 0.1) is 21.2 Å². The highest BCUT2D eigenvalue weighted by Crippen LogP contribution is 2.24. The average Bonchev–Trinajstić information content (AvgIpc) is 2.45. The number of rotatable bonds is 2. The van der Waals surface area contributed by atoms with Crippen molar-refractivity contribution in [3.8, 4) is 11.5 Å². The van der Waals surface area contributed by atoms with Gasteiger partial charge in [0.15, 0.2) is 0 Å². The Morgan fingerprint density at radius 3 is 1.26 bits per heavy atom. The van der Waals surface area contributed by atoms with Gasteiger partial charge in [0.2, 0.25) is 0 Å². The Bertz CT molecular complexity index is 655. The second-order valence-corrected chi connectivity index (χ2v) is 4.76. The molecule has 2 aromatic rings. The summed E-state index contributed by atoms with van der Waals surface area (Å²) in [7, 11) is 0. The van der Waals surface area contributed by atoms with E-state index in [4.69, 9.17) is 43.6 Å². The number of halogens is 2.